The molecule has 0 aliphatic heterocycles. The molecule has 3 aromatic carbocycles. The van der Waals surface area contributed by atoms with Crippen LogP contribution in [-0.2, 0) is 14.8 Å². The molecule has 0 fully saturated rings. The molecule has 7 nitrogen and oxygen atoms in total. The summed E-state index contributed by atoms with van der Waals surface area (Å²) >= 11 is 0. The molecule has 8 heteroatoms. The average molecular weight is 441 g/mol. The number of methoxy groups -OCH3 is 2. The molecule has 31 heavy (non-hydrogen) atoms. The van der Waals surface area contributed by atoms with Crippen molar-refractivity contribution in [3.05, 3.63) is 78.4 Å². The maximum Gasteiger partial charge on any atom is 0.264 e. The van der Waals surface area contributed by atoms with Crippen LogP contribution in [0.3, 0.4) is 0 Å². The van der Waals surface area contributed by atoms with Crippen LogP contribution in [0.25, 0.3) is 0 Å². The second-order valence-electron chi connectivity index (χ2n) is 6.78. The summed E-state index contributed by atoms with van der Waals surface area (Å²) in [5.41, 5.74) is 1.66. The van der Waals surface area contributed by atoms with Crippen LogP contribution in [0.2, 0.25) is 0 Å². The Morgan fingerprint density at radius 2 is 1.68 bits per heavy atom. The lowest BCUT2D eigenvalue weighted by Gasteiger charge is -2.24. The normalized spacial score (nSPS) is 10.9. The third kappa shape index (κ3) is 5.16. The molecular formula is C23H24N2O5S. The van der Waals surface area contributed by atoms with Crippen LogP contribution in [0, 0.1) is 6.92 Å². The number of anilines is 2. The van der Waals surface area contributed by atoms with Gasteiger partial charge in [0.05, 0.1) is 30.5 Å². The third-order valence-electron chi connectivity index (χ3n) is 4.59. The minimum atomic E-state index is -3.97. The Kier molecular flexibility index (Phi) is 6.81. The van der Waals surface area contributed by atoms with Crippen LogP contribution in [0.4, 0.5) is 11.4 Å². The summed E-state index contributed by atoms with van der Waals surface area (Å²) in [6, 6.07) is 20.0. The minimum Gasteiger partial charge on any atom is -0.497 e. The van der Waals surface area contributed by atoms with Gasteiger partial charge in [-0.2, -0.15) is 0 Å². The summed E-state index contributed by atoms with van der Waals surface area (Å²) in [6.07, 6.45) is 0. The highest BCUT2D eigenvalue weighted by Gasteiger charge is 2.27. The van der Waals surface area contributed by atoms with Gasteiger partial charge >= 0.3 is 0 Å². The fraction of sp³-hybridized carbons (Fsp3) is 0.174. The van der Waals surface area contributed by atoms with Crippen LogP contribution in [0.5, 0.6) is 11.5 Å². The van der Waals surface area contributed by atoms with Gasteiger partial charge in [-0.15, -0.1) is 0 Å². The Morgan fingerprint density at radius 1 is 0.935 bits per heavy atom. The number of nitrogens with zero attached hydrogens (tertiary/aromatic N) is 1. The summed E-state index contributed by atoms with van der Waals surface area (Å²) < 4.78 is 38.3. The number of benzene rings is 3. The summed E-state index contributed by atoms with van der Waals surface area (Å²) in [5.74, 6) is 0.443. The van der Waals surface area contributed by atoms with Gasteiger partial charge in [0.1, 0.15) is 18.0 Å². The first kappa shape index (κ1) is 22.2. The number of nitrogens with one attached hydrogen (secondary N) is 1. The van der Waals surface area contributed by atoms with Gasteiger partial charge in [0.25, 0.3) is 10.0 Å². The number of sulfonamides is 1. The molecule has 0 heterocycles. The number of rotatable bonds is 8. The van der Waals surface area contributed by atoms with Crippen molar-refractivity contribution < 1.29 is 22.7 Å². The predicted molar refractivity (Wildman–Crippen MR) is 120 cm³/mol. The summed E-state index contributed by atoms with van der Waals surface area (Å²) in [5, 5.41) is 2.72. The highest BCUT2D eigenvalue weighted by atomic mass is 32.2. The molecule has 3 rings (SSSR count). The maximum atomic E-state index is 13.4. The molecule has 1 N–H and O–H groups in total. The van der Waals surface area contributed by atoms with Gasteiger partial charge in [0.2, 0.25) is 5.91 Å². The topological polar surface area (TPSA) is 84.9 Å². The van der Waals surface area contributed by atoms with E-state index in [1.54, 1.807) is 54.6 Å². The van der Waals surface area contributed by atoms with E-state index < -0.39 is 22.5 Å². The van der Waals surface area contributed by atoms with E-state index in [9.17, 15) is 13.2 Å². The highest BCUT2D eigenvalue weighted by molar-refractivity contribution is 7.92. The summed E-state index contributed by atoms with van der Waals surface area (Å²) in [6.45, 7) is 1.44. The van der Waals surface area contributed by atoms with Gasteiger partial charge in [-0.3, -0.25) is 9.10 Å². The second kappa shape index (κ2) is 9.53. The van der Waals surface area contributed by atoms with Crippen LogP contribution in [0.15, 0.2) is 77.7 Å². The van der Waals surface area contributed by atoms with Crippen molar-refractivity contribution in [2.24, 2.45) is 0 Å². The van der Waals surface area contributed by atoms with Crippen molar-refractivity contribution in [2.45, 2.75) is 11.8 Å². The SMILES string of the molecule is COc1ccc(OC)c(NC(=O)CN(c2cccc(C)c2)S(=O)(=O)c2ccccc2)c1. The lowest BCUT2D eigenvalue weighted by atomic mass is 10.2. The fourth-order valence-corrected chi connectivity index (χ4v) is 4.48. The van der Waals surface area contributed by atoms with Crippen molar-refractivity contribution in [3.63, 3.8) is 0 Å². The lowest BCUT2D eigenvalue weighted by Crippen LogP contribution is -2.38. The quantitative estimate of drug-likeness (QED) is 0.575. The molecule has 0 saturated carbocycles. The molecule has 3 aromatic rings. The number of carbonyl (C=O) groups is 1. The monoisotopic (exact) mass is 440 g/mol. The average Bonchev–Trinajstić information content (AvgIpc) is 2.78. The maximum absolute atomic E-state index is 13.4. The molecule has 0 bridgehead atoms. The molecule has 0 atom stereocenters. The first-order valence-electron chi connectivity index (χ1n) is 9.51. The molecule has 0 spiro atoms. The molecule has 0 aromatic heterocycles. The number of aryl methyl sites for hydroxylation is 1. The van der Waals surface area contributed by atoms with Gasteiger partial charge in [-0.05, 0) is 48.9 Å². The zero-order valence-corrected chi connectivity index (χ0v) is 18.3. The number of amides is 1. The zero-order valence-electron chi connectivity index (χ0n) is 17.5. The van der Waals surface area contributed by atoms with Crippen molar-refractivity contribution in [1.82, 2.24) is 0 Å². The molecule has 0 unspecified atom stereocenters. The molecule has 0 aliphatic rings. The van der Waals surface area contributed by atoms with Crippen LogP contribution in [0.1, 0.15) is 5.56 Å². The van der Waals surface area contributed by atoms with E-state index in [-0.39, 0.29) is 4.90 Å². The van der Waals surface area contributed by atoms with Crippen LogP contribution >= 0.6 is 0 Å². The Bertz CT molecular complexity index is 1160. The van der Waals surface area contributed by atoms with Crippen LogP contribution < -0.4 is 19.1 Å². The highest BCUT2D eigenvalue weighted by Crippen LogP contribution is 2.29. The zero-order chi connectivity index (χ0) is 22.4. The minimum absolute atomic E-state index is 0.100. The van der Waals surface area contributed by atoms with Gasteiger partial charge in [-0.25, -0.2) is 8.42 Å². The number of hydrogen-bond acceptors (Lipinski definition) is 5. The van der Waals surface area contributed by atoms with Gasteiger partial charge in [0.15, 0.2) is 0 Å². The van der Waals surface area contributed by atoms with Gasteiger partial charge < -0.3 is 14.8 Å². The molecule has 0 aliphatic carbocycles. The van der Waals surface area contributed by atoms with E-state index in [1.807, 2.05) is 13.0 Å². The van der Waals surface area contributed by atoms with E-state index in [2.05, 4.69) is 5.32 Å². The van der Waals surface area contributed by atoms with E-state index in [1.165, 1.54) is 26.4 Å². The van der Waals surface area contributed by atoms with Gasteiger partial charge in [0, 0.05) is 6.07 Å². The molecule has 1 amide bonds. The van der Waals surface area contributed by atoms with E-state index >= 15 is 0 Å². The van der Waals surface area contributed by atoms with Crippen LogP contribution in [-0.4, -0.2) is 35.1 Å². The number of ether oxygens (including phenoxy) is 2. The first-order valence-corrected chi connectivity index (χ1v) is 11.0. The predicted octanol–water partition coefficient (Wildman–Crippen LogP) is 3.85. The lowest BCUT2D eigenvalue weighted by molar-refractivity contribution is -0.114. The number of carbonyl (C=O) groups excluding carboxylic acids is 1. The Labute approximate surface area is 182 Å². The number of hydrogen-bond donors (Lipinski definition) is 1. The van der Waals surface area contributed by atoms with Crippen molar-refractivity contribution in [1.29, 1.82) is 0 Å². The summed E-state index contributed by atoms with van der Waals surface area (Å²) in [4.78, 5) is 13.0. The summed E-state index contributed by atoms with van der Waals surface area (Å²) in [7, 11) is -0.974. The Morgan fingerprint density at radius 3 is 2.32 bits per heavy atom. The third-order valence-corrected chi connectivity index (χ3v) is 6.38. The van der Waals surface area contributed by atoms with Crippen molar-refractivity contribution in [2.75, 3.05) is 30.4 Å². The van der Waals surface area contributed by atoms with Gasteiger partial charge in [-0.1, -0.05) is 30.3 Å². The molecular weight excluding hydrogens is 416 g/mol. The largest absolute Gasteiger partial charge is 0.497 e. The smallest absolute Gasteiger partial charge is 0.264 e. The van der Waals surface area contributed by atoms with E-state index in [0.29, 0.717) is 22.9 Å². The van der Waals surface area contributed by atoms with Crippen molar-refractivity contribution in [3.8, 4) is 11.5 Å². The van der Waals surface area contributed by atoms with E-state index in [0.717, 1.165) is 9.87 Å². The molecule has 162 valence electrons. The van der Waals surface area contributed by atoms with E-state index in [4.69, 9.17) is 9.47 Å². The first-order chi connectivity index (χ1) is 14.8. The van der Waals surface area contributed by atoms with Crippen molar-refractivity contribution >= 4 is 27.3 Å². The fourth-order valence-electron chi connectivity index (χ4n) is 3.05. The molecule has 0 radical (unpaired) electrons. The molecule has 0 saturated heterocycles. The Balaban J connectivity index is 1.95. The Hall–Kier alpha value is -3.52. The second-order valence-corrected chi connectivity index (χ2v) is 8.64. The standard InChI is InChI=1S/C23H24N2O5S/c1-17-8-7-9-18(14-17)25(31(27,28)20-10-5-4-6-11-20)16-23(26)24-21-15-19(29-2)12-13-22(21)30-3/h4-15H,16H2,1-3H3,(H,24,26).